The second-order valence-corrected chi connectivity index (χ2v) is 3.74. The minimum Gasteiger partial charge on any atom is -0.496 e. The van der Waals surface area contributed by atoms with Crippen LogP contribution in [0, 0.1) is 5.82 Å². The number of methoxy groups -OCH3 is 1. The van der Waals surface area contributed by atoms with Gasteiger partial charge in [-0.2, -0.15) is 0 Å². The lowest BCUT2D eigenvalue weighted by atomic mass is 10.0. The van der Waals surface area contributed by atoms with Gasteiger partial charge in [-0.3, -0.25) is 4.79 Å². The van der Waals surface area contributed by atoms with E-state index in [1.54, 1.807) is 13.2 Å². The van der Waals surface area contributed by atoms with Crippen molar-refractivity contribution in [1.29, 1.82) is 0 Å². The van der Waals surface area contributed by atoms with Crippen LogP contribution in [0.2, 0.25) is 0 Å². The fraction of sp³-hybridized carbons (Fsp3) is 0.462. The van der Waals surface area contributed by atoms with E-state index in [1.807, 2.05) is 6.92 Å². The van der Waals surface area contributed by atoms with E-state index >= 15 is 0 Å². The third-order valence-electron chi connectivity index (χ3n) is 2.44. The molecular weight excluding hydrogens is 207 g/mol. The number of Topliss-reactive ketones (excluding diaryl/α,β-unsaturated/α-hetero) is 1. The molecule has 0 aliphatic carbocycles. The van der Waals surface area contributed by atoms with Crippen LogP contribution in [0.1, 0.15) is 31.7 Å². The lowest BCUT2D eigenvalue weighted by Gasteiger charge is -2.07. The minimum atomic E-state index is -0.293. The monoisotopic (exact) mass is 224 g/mol. The third-order valence-corrected chi connectivity index (χ3v) is 2.44. The zero-order valence-corrected chi connectivity index (χ0v) is 9.75. The van der Waals surface area contributed by atoms with Crippen molar-refractivity contribution in [2.75, 3.05) is 7.11 Å². The van der Waals surface area contributed by atoms with Crippen LogP contribution in [-0.4, -0.2) is 12.9 Å². The zero-order chi connectivity index (χ0) is 12.0. The summed E-state index contributed by atoms with van der Waals surface area (Å²) in [6.07, 6.45) is 2.45. The Balaban J connectivity index is 2.65. The molecule has 1 aromatic carbocycles. The van der Waals surface area contributed by atoms with Crippen LogP contribution >= 0.6 is 0 Å². The Morgan fingerprint density at radius 3 is 2.75 bits per heavy atom. The summed E-state index contributed by atoms with van der Waals surface area (Å²) in [4.78, 5) is 11.4. The number of benzene rings is 1. The van der Waals surface area contributed by atoms with E-state index in [0.717, 1.165) is 12.0 Å². The van der Waals surface area contributed by atoms with Gasteiger partial charge in [0.15, 0.2) is 0 Å². The molecule has 0 fully saturated rings. The van der Waals surface area contributed by atoms with Crippen molar-refractivity contribution in [1.82, 2.24) is 0 Å². The SMILES string of the molecule is CCCC(=O)CCc1cc(F)ccc1OC. The molecule has 0 spiro atoms. The number of carbonyl (C=O) groups is 1. The molecule has 1 aromatic rings. The molecule has 2 nitrogen and oxygen atoms in total. The summed E-state index contributed by atoms with van der Waals surface area (Å²) in [6, 6.07) is 4.38. The van der Waals surface area contributed by atoms with Crippen molar-refractivity contribution in [2.24, 2.45) is 0 Å². The zero-order valence-electron chi connectivity index (χ0n) is 9.75. The predicted molar refractivity (Wildman–Crippen MR) is 61.2 cm³/mol. The van der Waals surface area contributed by atoms with E-state index in [-0.39, 0.29) is 11.6 Å². The number of rotatable bonds is 6. The van der Waals surface area contributed by atoms with Crippen LogP contribution in [0.4, 0.5) is 4.39 Å². The molecule has 0 saturated heterocycles. The number of halogens is 1. The van der Waals surface area contributed by atoms with E-state index in [0.29, 0.717) is 25.0 Å². The van der Waals surface area contributed by atoms with Crippen molar-refractivity contribution in [3.63, 3.8) is 0 Å². The maximum Gasteiger partial charge on any atom is 0.133 e. The van der Waals surface area contributed by atoms with Gasteiger partial charge in [0.05, 0.1) is 7.11 Å². The summed E-state index contributed by atoms with van der Waals surface area (Å²) in [5.74, 6) is 0.568. The minimum absolute atomic E-state index is 0.216. The van der Waals surface area contributed by atoms with Crippen LogP contribution in [0.15, 0.2) is 18.2 Å². The molecule has 0 aliphatic rings. The van der Waals surface area contributed by atoms with Crippen LogP contribution in [0.3, 0.4) is 0 Å². The first-order valence-electron chi connectivity index (χ1n) is 5.51. The fourth-order valence-corrected chi connectivity index (χ4v) is 1.62. The first kappa shape index (κ1) is 12.7. The van der Waals surface area contributed by atoms with Gasteiger partial charge in [0.1, 0.15) is 17.3 Å². The van der Waals surface area contributed by atoms with Gasteiger partial charge in [0, 0.05) is 12.8 Å². The molecule has 16 heavy (non-hydrogen) atoms. The Hall–Kier alpha value is -1.38. The Morgan fingerprint density at radius 1 is 1.38 bits per heavy atom. The van der Waals surface area contributed by atoms with Gasteiger partial charge in [-0.05, 0) is 36.6 Å². The third kappa shape index (κ3) is 3.65. The second kappa shape index (κ2) is 6.26. The topological polar surface area (TPSA) is 26.3 Å². The smallest absolute Gasteiger partial charge is 0.133 e. The quantitative estimate of drug-likeness (QED) is 0.742. The van der Waals surface area contributed by atoms with Crippen LogP contribution < -0.4 is 4.74 Å². The summed E-state index contributed by atoms with van der Waals surface area (Å²) in [7, 11) is 1.55. The van der Waals surface area contributed by atoms with Gasteiger partial charge in [-0.1, -0.05) is 6.92 Å². The van der Waals surface area contributed by atoms with Gasteiger partial charge >= 0.3 is 0 Å². The average Bonchev–Trinajstić information content (AvgIpc) is 2.27. The highest BCUT2D eigenvalue weighted by atomic mass is 19.1. The van der Waals surface area contributed by atoms with E-state index in [1.165, 1.54) is 12.1 Å². The summed E-state index contributed by atoms with van der Waals surface area (Å²) < 4.78 is 18.1. The van der Waals surface area contributed by atoms with Gasteiger partial charge in [0.25, 0.3) is 0 Å². The first-order valence-corrected chi connectivity index (χ1v) is 5.51. The fourth-order valence-electron chi connectivity index (χ4n) is 1.62. The standard InChI is InChI=1S/C13H17FO2/c1-3-4-12(15)7-5-10-9-11(14)6-8-13(10)16-2/h6,8-9H,3-5,7H2,1-2H3. The molecule has 0 aromatic heterocycles. The summed E-state index contributed by atoms with van der Waals surface area (Å²) in [5, 5.41) is 0. The Morgan fingerprint density at radius 2 is 2.12 bits per heavy atom. The molecule has 0 bridgehead atoms. The van der Waals surface area contributed by atoms with Crippen LogP contribution in [0.5, 0.6) is 5.75 Å². The van der Waals surface area contributed by atoms with E-state index in [9.17, 15) is 9.18 Å². The van der Waals surface area contributed by atoms with Crippen molar-refractivity contribution in [3.8, 4) is 5.75 Å². The lowest BCUT2D eigenvalue weighted by molar-refractivity contribution is -0.119. The molecule has 0 N–H and O–H groups in total. The molecular formula is C13H17FO2. The van der Waals surface area contributed by atoms with Gasteiger partial charge in [-0.25, -0.2) is 4.39 Å². The van der Waals surface area contributed by atoms with E-state index < -0.39 is 0 Å². The van der Waals surface area contributed by atoms with Crippen LogP contribution in [-0.2, 0) is 11.2 Å². The Kier molecular flexibility index (Phi) is 4.96. The average molecular weight is 224 g/mol. The molecule has 0 unspecified atom stereocenters. The number of carbonyl (C=O) groups excluding carboxylic acids is 1. The summed E-state index contributed by atoms with van der Waals surface area (Å²) in [6.45, 7) is 1.97. The Bertz CT molecular complexity index is 361. The summed E-state index contributed by atoms with van der Waals surface area (Å²) in [5.41, 5.74) is 0.756. The largest absolute Gasteiger partial charge is 0.496 e. The number of aryl methyl sites for hydroxylation is 1. The molecule has 3 heteroatoms. The first-order chi connectivity index (χ1) is 7.67. The van der Waals surface area contributed by atoms with Gasteiger partial charge in [0.2, 0.25) is 0 Å². The Labute approximate surface area is 95.4 Å². The normalized spacial score (nSPS) is 10.2. The molecule has 0 heterocycles. The van der Waals surface area contributed by atoms with E-state index in [2.05, 4.69) is 0 Å². The number of hydrogen-bond donors (Lipinski definition) is 0. The highest BCUT2D eigenvalue weighted by Crippen LogP contribution is 2.21. The molecule has 0 aliphatic heterocycles. The number of ether oxygens (including phenoxy) is 1. The molecule has 88 valence electrons. The summed E-state index contributed by atoms with van der Waals surface area (Å²) >= 11 is 0. The molecule has 0 amide bonds. The lowest BCUT2D eigenvalue weighted by Crippen LogP contribution is -2.01. The van der Waals surface area contributed by atoms with Crippen molar-refractivity contribution in [3.05, 3.63) is 29.6 Å². The second-order valence-electron chi connectivity index (χ2n) is 3.74. The number of hydrogen-bond acceptors (Lipinski definition) is 2. The maximum atomic E-state index is 13.0. The van der Waals surface area contributed by atoms with Crippen LogP contribution in [0.25, 0.3) is 0 Å². The molecule has 0 radical (unpaired) electrons. The van der Waals surface area contributed by atoms with Gasteiger partial charge in [-0.15, -0.1) is 0 Å². The number of ketones is 1. The predicted octanol–water partition coefficient (Wildman–Crippen LogP) is 3.14. The van der Waals surface area contributed by atoms with Crippen molar-refractivity contribution >= 4 is 5.78 Å². The van der Waals surface area contributed by atoms with Crippen molar-refractivity contribution in [2.45, 2.75) is 32.6 Å². The maximum absolute atomic E-state index is 13.0. The molecule has 1 rings (SSSR count). The molecule has 0 saturated carbocycles. The highest BCUT2D eigenvalue weighted by molar-refractivity contribution is 5.78. The molecule has 0 atom stereocenters. The van der Waals surface area contributed by atoms with Gasteiger partial charge < -0.3 is 4.74 Å². The highest BCUT2D eigenvalue weighted by Gasteiger charge is 2.07. The van der Waals surface area contributed by atoms with Crippen molar-refractivity contribution < 1.29 is 13.9 Å². The van der Waals surface area contributed by atoms with E-state index in [4.69, 9.17) is 4.74 Å².